The summed E-state index contributed by atoms with van der Waals surface area (Å²) in [6.07, 6.45) is 2.59. The Kier molecular flexibility index (Phi) is 11.4. The van der Waals surface area contributed by atoms with E-state index in [1.165, 1.54) is 5.56 Å². The topological polar surface area (TPSA) is 70.9 Å². The lowest BCUT2D eigenvalue weighted by Crippen LogP contribution is -2.33. The van der Waals surface area contributed by atoms with E-state index in [-0.39, 0.29) is 6.04 Å². The van der Waals surface area contributed by atoms with E-state index in [1.807, 2.05) is 19.9 Å². The highest BCUT2D eigenvalue weighted by atomic mass is 16.5. The van der Waals surface area contributed by atoms with Crippen LogP contribution in [0.3, 0.4) is 0 Å². The number of nitrogens with zero attached hydrogens (tertiary/aromatic N) is 2. The van der Waals surface area contributed by atoms with E-state index in [4.69, 9.17) is 28.7 Å². The molecule has 1 heterocycles. The first-order chi connectivity index (χ1) is 15.5. The molecule has 1 aliphatic heterocycles. The lowest BCUT2D eigenvalue weighted by molar-refractivity contribution is 0.170. The third-order valence-electron chi connectivity index (χ3n) is 5.50. The van der Waals surface area contributed by atoms with Crippen molar-refractivity contribution in [2.24, 2.45) is 21.8 Å². The van der Waals surface area contributed by atoms with Crippen molar-refractivity contribution in [3.8, 4) is 11.5 Å². The smallest absolute Gasteiger partial charge is 0.209 e. The average Bonchev–Trinajstić information content (AvgIpc) is 2.78. The Morgan fingerprint density at radius 1 is 1.00 bits per heavy atom. The lowest BCUT2D eigenvalue weighted by atomic mass is 9.84. The molecule has 2 rings (SSSR count). The van der Waals surface area contributed by atoms with Crippen molar-refractivity contribution < 1.29 is 23.7 Å². The van der Waals surface area contributed by atoms with Crippen LogP contribution in [0.25, 0.3) is 0 Å². The van der Waals surface area contributed by atoms with Gasteiger partial charge in [0.05, 0.1) is 26.9 Å². The number of benzene rings is 1. The van der Waals surface area contributed by atoms with E-state index in [2.05, 4.69) is 31.0 Å². The zero-order valence-corrected chi connectivity index (χ0v) is 20.6. The fourth-order valence-corrected chi connectivity index (χ4v) is 3.74. The molecule has 0 saturated carbocycles. The minimum absolute atomic E-state index is 0.110. The van der Waals surface area contributed by atoms with Gasteiger partial charge in [0.1, 0.15) is 12.6 Å². The van der Waals surface area contributed by atoms with Crippen LogP contribution in [0.1, 0.15) is 46.1 Å². The summed E-state index contributed by atoms with van der Waals surface area (Å²) in [5.41, 5.74) is 1.21. The Morgan fingerprint density at radius 2 is 1.78 bits per heavy atom. The van der Waals surface area contributed by atoms with Gasteiger partial charge < -0.3 is 23.7 Å². The summed E-state index contributed by atoms with van der Waals surface area (Å²) >= 11 is 0. The number of hydrogen-bond acceptors (Lipinski definition) is 7. The van der Waals surface area contributed by atoms with Crippen LogP contribution in [0.5, 0.6) is 11.5 Å². The van der Waals surface area contributed by atoms with Gasteiger partial charge in [0.15, 0.2) is 11.5 Å². The van der Waals surface area contributed by atoms with Crippen LogP contribution < -0.4 is 9.47 Å². The Morgan fingerprint density at radius 3 is 2.44 bits per heavy atom. The average molecular weight is 449 g/mol. The van der Waals surface area contributed by atoms with Gasteiger partial charge in [-0.15, -0.1) is 0 Å². The summed E-state index contributed by atoms with van der Waals surface area (Å²) in [6.45, 7) is 11.4. The van der Waals surface area contributed by atoms with E-state index in [9.17, 15) is 0 Å². The van der Waals surface area contributed by atoms with E-state index in [0.29, 0.717) is 50.7 Å². The summed E-state index contributed by atoms with van der Waals surface area (Å²) < 4.78 is 28.0. The molecule has 180 valence electrons. The zero-order chi connectivity index (χ0) is 23.3. The molecule has 1 aromatic rings. The maximum atomic E-state index is 5.97. The summed E-state index contributed by atoms with van der Waals surface area (Å²) in [6, 6.07) is 6.08. The molecule has 0 amide bonds. The van der Waals surface area contributed by atoms with Gasteiger partial charge in [-0.3, -0.25) is 0 Å². The number of aliphatic imine (C=N–C) groups is 2. The van der Waals surface area contributed by atoms with Crippen molar-refractivity contribution in [1.82, 2.24) is 0 Å². The molecule has 32 heavy (non-hydrogen) atoms. The van der Waals surface area contributed by atoms with Crippen LogP contribution in [-0.2, 0) is 20.6 Å². The molecule has 0 aliphatic carbocycles. The zero-order valence-electron chi connectivity index (χ0n) is 20.6. The van der Waals surface area contributed by atoms with Crippen LogP contribution in [0.4, 0.5) is 0 Å². The van der Waals surface area contributed by atoms with Crippen molar-refractivity contribution in [3.05, 3.63) is 23.8 Å². The van der Waals surface area contributed by atoms with Gasteiger partial charge in [0.2, 0.25) is 11.8 Å². The van der Waals surface area contributed by atoms with Gasteiger partial charge in [-0.05, 0) is 56.2 Å². The molecular formula is C25H40N2O5. The molecule has 0 aromatic heterocycles. The van der Waals surface area contributed by atoms with Crippen molar-refractivity contribution in [1.29, 1.82) is 0 Å². The highest BCUT2D eigenvalue weighted by molar-refractivity contribution is 5.91. The standard InChI is InChI=1S/C25H40N2O5/c1-7-30-24-17-26-25(31-8-2)21(27-24)16-20(18(3)4)14-19-10-11-22(29-6)23(15-19)32-13-9-12-28-5/h10-11,15,18,20-21H,7-9,12-14,16-17H2,1-6H3/t20-,21?/m1/s1. The fourth-order valence-electron chi connectivity index (χ4n) is 3.74. The molecule has 0 radical (unpaired) electrons. The Bertz CT molecular complexity index is 748. The SMILES string of the molecule is CCOC1=NC(C[C@@H](Cc2ccc(OC)c(OCCCOC)c2)C(C)C)C(OCC)=NC1. The van der Waals surface area contributed by atoms with Crippen molar-refractivity contribution in [2.45, 2.75) is 53.0 Å². The van der Waals surface area contributed by atoms with E-state index in [0.717, 1.165) is 36.7 Å². The summed E-state index contributed by atoms with van der Waals surface area (Å²) in [7, 11) is 3.36. The predicted octanol–water partition coefficient (Wildman–Crippen LogP) is 4.57. The van der Waals surface area contributed by atoms with Gasteiger partial charge >= 0.3 is 0 Å². The molecule has 1 unspecified atom stereocenters. The maximum Gasteiger partial charge on any atom is 0.209 e. The minimum Gasteiger partial charge on any atom is -0.493 e. The van der Waals surface area contributed by atoms with Crippen LogP contribution in [0, 0.1) is 11.8 Å². The first kappa shape index (κ1) is 26.0. The van der Waals surface area contributed by atoms with Crippen LogP contribution in [-0.4, -0.2) is 65.0 Å². The van der Waals surface area contributed by atoms with Gasteiger partial charge in [-0.25, -0.2) is 9.98 Å². The van der Waals surface area contributed by atoms with Crippen molar-refractivity contribution in [3.63, 3.8) is 0 Å². The number of ether oxygens (including phenoxy) is 5. The molecule has 7 nitrogen and oxygen atoms in total. The predicted molar refractivity (Wildman–Crippen MR) is 128 cm³/mol. The second kappa shape index (κ2) is 14.0. The Labute approximate surface area is 193 Å². The first-order valence-corrected chi connectivity index (χ1v) is 11.7. The largest absolute Gasteiger partial charge is 0.493 e. The molecule has 0 fully saturated rings. The van der Waals surface area contributed by atoms with Gasteiger partial charge in [0, 0.05) is 20.1 Å². The van der Waals surface area contributed by atoms with Crippen LogP contribution in [0.2, 0.25) is 0 Å². The van der Waals surface area contributed by atoms with Crippen molar-refractivity contribution >= 4 is 11.8 Å². The minimum atomic E-state index is -0.110. The second-order valence-electron chi connectivity index (χ2n) is 8.18. The third-order valence-corrected chi connectivity index (χ3v) is 5.50. The van der Waals surface area contributed by atoms with Crippen LogP contribution >= 0.6 is 0 Å². The lowest BCUT2D eigenvalue weighted by Gasteiger charge is -2.27. The molecule has 0 saturated heterocycles. The Balaban J connectivity index is 2.14. The molecule has 0 bridgehead atoms. The molecule has 2 atom stereocenters. The number of hydrogen-bond donors (Lipinski definition) is 0. The normalized spacial score (nSPS) is 16.9. The van der Waals surface area contributed by atoms with Gasteiger partial charge in [0.25, 0.3) is 0 Å². The number of methoxy groups -OCH3 is 2. The van der Waals surface area contributed by atoms with Crippen LogP contribution in [0.15, 0.2) is 28.2 Å². The van der Waals surface area contributed by atoms with Gasteiger partial charge in [-0.2, -0.15) is 0 Å². The Hall–Kier alpha value is -2.28. The summed E-state index contributed by atoms with van der Waals surface area (Å²) in [4.78, 5) is 9.42. The fraction of sp³-hybridized carbons (Fsp3) is 0.680. The second-order valence-corrected chi connectivity index (χ2v) is 8.18. The summed E-state index contributed by atoms with van der Waals surface area (Å²) in [5.74, 6) is 3.80. The molecule has 1 aromatic carbocycles. The molecule has 7 heteroatoms. The molecular weight excluding hydrogens is 408 g/mol. The quantitative estimate of drug-likeness (QED) is 0.414. The number of rotatable bonds is 13. The maximum absolute atomic E-state index is 5.97. The van der Waals surface area contributed by atoms with E-state index < -0.39 is 0 Å². The monoisotopic (exact) mass is 448 g/mol. The molecule has 1 aliphatic rings. The highest BCUT2D eigenvalue weighted by Gasteiger charge is 2.28. The van der Waals surface area contributed by atoms with Gasteiger partial charge in [-0.1, -0.05) is 19.9 Å². The third kappa shape index (κ3) is 8.01. The molecule has 0 spiro atoms. The van der Waals surface area contributed by atoms with E-state index >= 15 is 0 Å². The highest BCUT2D eigenvalue weighted by Crippen LogP contribution is 2.32. The van der Waals surface area contributed by atoms with E-state index in [1.54, 1.807) is 14.2 Å². The molecule has 0 N–H and O–H groups in total. The van der Waals surface area contributed by atoms with Crippen molar-refractivity contribution in [2.75, 3.05) is 47.2 Å². The first-order valence-electron chi connectivity index (χ1n) is 11.7. The summed E-state index contributed by atoms with van der Waals surface area (Å²) in [5, 5.41) is 0.